The molecule has 0 aliphatic rings. The minimum absolute atomic E-state index is 0.0390. The number of aryl methyl sites for hydroxylation is 1. The number of para-hydroxylation sites is 1. The van der Waals surface area contributed by atoms with Crippen LogP contribution in [0.3, 0.4) is 0 Å². The molecule has 0 saturated carbocycles. The van der Waals surface area contributed by atoms with Gasteiger partial charge in [0, 0.05) is 16.8 Å². The highest BCUT2D eigenvalue weighted by atomic mass is 35.5. The average molecular weight is 285 g/mol. The summed E-state index contributed by atoms with van der Waals surface area (Å²) < 4.78 is 5.68. The monoisotopic (exact) mass is 284 g/mol. The maximum absolute atomic E-state index is 12.3. The highest BCUT2D eigenvalue weighted by molar-refractivity contribution is 6.30. The van der Waals surface area contributed by atoms with Crippen LogP contribution in [0.5, 0.6) is 0 Å². The molecule has 0 aliphatic carbocycles. The Morgan fingerprint density at radius 3 is 2.70 bits per heavy atom. The van der Waals surface area contributed by atoms with Crippen LogP contribution in [0, 0.1) is 6.92 Å². The SMILES string of the molecule is Cc1cccc2cc(C(=O)Cc3cccc(Cl)c3)oc12. The number of Topliss-reactive ketones (excluding diaryl/α,β-unsaturated/α-hetero) is 1. The van der Waals surface area contributed by atoms with Gasteiger partial charge >= 0.3 is 0 Å². The average Bonchev–Trinajstić information content (AvgIpc) is 2.84. The third-order valence-electron chi connectivity index (χ3n) is 3.27. The van der Waals surface area contributed by atoms with Crippen molar-refractivity contribution in [2.24, 2.45) is 0 Å². The van der Waals surface area contributed by atoms with E-state index in [0.29, 0.717) is 17.2 Å². The molecule has 0 saturated heterocycles. The second kappa shape index (κ2) is 5.14. The summed E-state index contributed by atoms with van der Waals surface area (Å²) in [5, 5.41) is 1.59. The molecule has 0 radical (unpaired) electrons. The van der Waals surface area contributed by atoms with Gasteiger partial charge in [-0.3, -0.25) is 4.79 Å². The Labute approximate surface area is 122 Å². The van der Waals surface area contributed by atoms with Crippen LogP contribution < -0.4 is 0 Å². The van der Waals surface area contributed by atoms with E-state index in [4.69, 9.17) is 16.0 Å². The van der Waals surface area contributed by atoms with E-state index in [2.05, 4.69) is 0 Å². The quantitative estimate of drug-likeness (QED) is 0.646. The molecule has 2 aromatic carbocycles. The summed E-state index contributed by atoms with van der Waals surface area (Å²) in [6, 6.07) is 15.0. The molecule has 3 rings (SSSR count). The summed E-state index contributed by atoms with van der Waals surface area (Å²) in [6.07, 6.45) is 0.291. The first-order valence-electron chi connectivity index (χ1n) is 6.40. The van der Waals surface area contributed by atoms with Gasteiger partial charge in [-0.05, 0) is 36.2 Å². The first-order chi connectivity index (χ1) is 9.63. The number of hydrogen-bond acceptors (Lipinski definition) is 2. The highest BCUT2D eigenvalue weighted by Gasteiger charge is 2.14. The molecule has 2 nitrogen and oxygen atoms in total. The number of hydrogen-bond donors (Lipinski definition) is 0. The van der Waals surface area contributed by atoms with Crippen molar-refractivity contribution in [3.8, 4) is 0 Å². The predicted molar refractivity (Wildman–Crippen MR) is 80.4 cm³/mol. The smallest absolute Gasteiger partial charge is 0.202 e. The van der Waals surface area contributed by atoms with Crippen molar-refractivity contribution < 1.29 is 9.21 Å². The van der Waals surface area contributed by atoms with E-state index in [1.54, 1.807) is 18.2 Å². The minimum atomic E-state index is -0.0390. The number of ketones is 1. The molecule has 1 aromatic heterocycles. The Hall–Kier alpha value is -2.06. The standard InChI is InChI=1S/C17H13ClO2/c1-11-4-2-6-13-10-16(20-17(11)13)15(19)9-12-5-3-7-14(18)8-12/h2-8,10H,9H2,1H3. The largest absolute Gasteiger partial charge is 0.453 e. The lowest BCUT2D eigenvalue weighted by Gasteiger charge is -1.99. The Morgan fingerprint density at radius 1 is 1.15 bits per heavy atom. The van der Waals surface area contributed by atoms with Gasteiger partial charge in [-0.1, -0.05) is 41.9 Å². The number of halogens is 1. The summed E-state index contributed by atoms with van der Waals surface area (Å²) in [7, 11) is 0. The van der Waals surface area contributed by atoms with Crippen molar-refractivity contribution in [2.45, 2.75) is 13.3 Å². The molecule has 1 heterocycles. The van der Waals surface area contributed by atoms with Gasteiger partial charge in [0.2, 0.25) is 5.78 Å². The molecule has 20 heavy (non-hydrogen) atoms. The van der Waals surface area contributed by atoms with E-state index in [9.17, 15) is 4.79 Å². The van der Waals surface area contributed by atoms with Gasteiger partial charge in [-0.2, -0.15) is 0 Å². The van der Waals surface area contributed by atoms with Gasteiger partial charge in [0.15, 0.2) is 5.76 Å². The number of furan rings is 1. The summed E-state index contributed by atoms with van der Waals surface area (Å²) in [5.74, 6) is 0.358. The summed E-state index contributed by atoms with van der Waals surface area (Å²) in [5.41, 5.74) is 2.70. The third-order valence-corrected chi connectivity index (χ3v) is 3.50. The summed E-state index contributed by atoms with van der Waals surface area (Å²) in [4.78, 5) is 12.3. The van der Waals surface area contributed by atoms with Crippen LogP contribution in [0.25, 0.3) is 11.0 Å². The third kappa shape index (κ3) is 2.47. The van der Waals surface area contributed by atoms with Crippen LogP contribution in [-0.2, 0) is 6.42 Å². The lowest BCUT2D eigenvalue weighted by Crippen LogP contribution is -2.01. The van der Waals surface area contributed by atoms with Crippen molar-refractivity contribution in [3.63, 3.8) is 0 Å². The van der Waals surface area contributed by atoms with Crippen molar-refractivity contribution >= 4 is 28.4 Å². The van der Waals surface area contributed by atoms with Crippen molar-refractivity contribution in [2.75, 3.05) is 0 Å². The molecule has 3 heteroatoms. The molecule has 0 fully saturated rings. The number of rotatable bonds is 3. The van der Waals surface area contributed by atoms with Crippen LogP contribution >= 0.6 is 11.6 Å². The Balaban J connectivity index is 1.91. The van der Waals surface area contributed by atoms with E-state index < -0.39 is 0 Å². The number of benzene rings is 2. The van der Waals surface area contributed by atoms with Gasteiger partial charge in [0.1, 0.15) is 5.58 Å². The van der Waals surface area contributed by atoms with Gasteiger partial charge in [0.25, 0.3) is 0 Å². The lowest BCUT2D eigenvalue weighted by molar-refractivity contribution is 0.0968. The molecule has 0 atom stereocenters. The minimum Gasteiger partial charge on any atom is -0.453 e. The van der Waals surface area contributed by atoms with E-state index in [0.717, 1.165) is 22.1 Å². The number of fused-ring (bicyclic) bond motifs is 1. The van der Waals surface area contributed by atoms with Crippen molar-refractivity contribution in [3.05, 3.63) is 70.4 Å². The lowest BCUT2D eigenvalue weighted by atomic mass is 10.1. The molecule has 0 N–H and O–H groups in total. The molecule has 0 bridgehead atoms. The van der Waals surface area contributed by atoms with E-state index in [-0.39, 0.29) is 5.78 Å². The number of carbonyl (C=O) groups is 1. The zero-order valence-corrected chi connectivity index (χ0v) is 11.8. The van der Waals surface area contributed by atoms with Crippen LogP contribution in [0.2, 0.25) is 5.02 Å². The van der Waals surface area contributed by atoms with Crippen molar-refractivity contribution in [1.29, 1.82) is 0 Å². The molecular weight excluding hydrogens is 272 g/mol. The van der Waals surface area contributed by atoms with Crippen LogP contribution in [0.1, 0.15) is 21.7 Å². The molecule has 100 valence electrons. The van der Waals surface area contributed by atoms with Gasteiger partial charge in [-0.15, -0.1) is 0 Å². The van der Waals surface area contributed by atoms with Crippen LogP contribution in [0.15, 0.2) is 52.9 Å². The Kier molecular flexibility index (Phi) is 3.33. The molecule has 0 aliphatic heterocycles. The Bertz CT molecular complexity index is 787. The van der Waals surface area contributed by atoms with Crippen LogP contribution in [-0.4, -0.2) is 5.78 Å². The first-order valence-corrected chi connectivity index (χ1v) is 6.78. The highest BCUT2D eigenvalue weighted by Crippen LogP contribution is 2.23. The summed E-state index contributed by atoms with van der Waals surface area (Å²) in [6.45, 7) is 1.97. The second-order valence-corrected chi connectivity index (χ2v) is 5.27. The topological polar surface area (TPSA) is 30.2 Å². The first kappa shape index (κ1) is 12.9. The molecule has 0 unspecified atom stereocenters. The molecular formula is C17H13ClO2. The second-order valence-electron chi connectivity index (χ2n) is 4.83. The fraction of sp³-hybridized carbons (Fsp3) is 0.118. The maximum atomic E-state index is 12.3. The van der Waals surface area contributed by atoms with Crippen LogP contribution in [0.4, 0.5) is 0 Å². The fourth-order valence-corrected chi connectivity index (χ4v) is 2.48. The zero-order chi connectivity index (χ0) is 14.1. The van der Waals surface area contributed by atoms with E-state index in [1.165, 1.54) is 0 Å². The predicted octanol–water partition coefficient (Wildman–Crippen LogP) is 4.82. The van der Waals surface area contributed by atoms with E-state index in [1.807, 2.05) is 37.3 Å². The van der Waals surface area contributed by atoms with Gasteiger partial charge in [-0.25, -0.2) is 0 Å². The molecule has 0 spiro atoms. The van der Waals surface area contributed by atoms with Gasteiger partial charge < -0.3 is 4.42 Å². The maximum Gasteiger partial charge on any atom is 0.202 e. The molecule has 3 aromatic rings. The van der Waals surface area contributed by atoms with E-state index >= 15 is 0 Å². The zero-order valence-electron chi connectivity index (χ0n) is 11.0. The summed E-state index contributed by atoms with van der Waals surface area (Å²) >= 11 is 5.92. The normalized spacial score (nSPS) is 10.9. The molecule has 0 amide bonds. The van der Waals surface area contributed by atoms with Gasteiger partial charge in [0.05, 0.1) is 0 Å². The fourth-order valence-electron chi connectivity index (χ4n) is 2.27. The number of carbonyl (C=O) groups excluding carboxylic acids is 1. The van der Waals surface area contributed by atoms with Crippen molar-refractivity contribution in [1.82, 2.24) is 0 Å². The Morgan fingerprint density at radius 2 is 1.95 bits per heavy atom.